The second-order valence-corrected chi connectivity index (χ2v) is 7.09. The molecule has 0 saturated carbocycles. The van der Waals surface area contributed by atoms with Crippen LogP contribution in [0.3, 0.4) is 0 Å². The van der Waals surface area contributed by atoms with Crippen molar-refractivity contribution < 1.29 is 9.59 Å². The van der Waals surface area contributed by atoms with Crippen LogP contribution in [0.1, 0.15) is 27.9 Å². The highest BCUT2D eigenvalue weighted by molar-refractivity contribution is 5.96. The summed E-state index contributed by atoms with van der Waals surface area (Å²) in [6.45, 7) is 7.74. The number of fused-ring (bicyclic) bond motifs is 1. The molecule has 144 valence electrons. The SMILES string of the molecule is Cc1cccc(C)c1NC(=O)CNC(=O)Cc1c(C)nc2ccccc2c1C. The fourth-order valence-corrected chi connectivity index (χ4v) is 3.43. The van der Waals surface area contributed by atoms with Gasteiger partial charge in [0.2, 0.25) is 11.8 Å². The molecule has 0 saturated heterocycles. The topological polar surface area (TPSA) is 71.1 Å². The van der Waals surface area contributed by atoms with Crippen molar-refractivity contribution in [3.8, 4) is 0 Å². The van der Waals surface area contributed by atoms with Gasteiger partial charge in [0.1, 0.15) is 0 Å². The molecule has 5 heteroatoms. The third kappa shape index (κ3) is 4.19. The van der Waals surface area contributed by atoms with Crippen LogP contribution in [0.2, 0.25) is 0 Å². The Morgan fingerprint density at radius 2 is 1.57 bits per heavy atom. The number of aromatic nitrogens is 1. The number of amides is 2. The van der Waals surface area contributed by atoms with Gasteiger partial charge in [-0.3, -0.25) is 14.6 Å². The first-order chi connectivity index (χ1) is 13.4. The van der Waals surface area contributed by atoms with Crippen LogP contribution in [0.15, 0.2) is 42.5 Å². The van der Waals surface area contributed by atoms with Crippen molar-refractivity contribution >= 4 is 28.4 Å². The van der Waals surface area contributed by atoms with Crippen LogP contribution >= 0.6 is 0 Å². The summed E-state index contributed by atoms with van der Waals surface area (Å²) < 4.78 is 0. The zero-order valence-corrected chi connectivity index (χ0v) is 16.7. The molecule has 28 heavy (non-hydrogen) atoms. The minimum atomic E-state index is -0.240. The normalized spacial score (nSPS) is 10.7. The van der Waals surface area contributed by atoms with Gasteiger partial charge in [0, 0.05) is 16.8 Å². The molecule has 2 amide bonds. The fraction of sp³-hybridized carbons (Fsp3) is 0.261. The molecule has 0 atom stereocenters. The lowest BCUT2D eigenvalue weighted by atomic mass is 9.99. The molecule has 1 aromatic heterocycles. The third-order valence-corrected chi connectivity index (χ3v) is 5.01. The molecule has 5 nitrogen and oxygen atoms in total. The molecule has 0 aliphatic carbocycles. The summed E-state index contributed by atoms with van der Waals surface area (Å²) in [6.07, 6.45) is 0.201. The Hall–Kier alpha value is -3.21. The molecule has 1 heterocycles. The molecular formula is C23H25N3O2. The molecule has 2 aromatic carbocycles. The molecule has 0 unspecified atom stereocenters. The third-order valence-electron chi connectivity index (χ3n) is 5.01. The van der Waals surface area contributed by atoms with E-state index >= 15 is 0 Å². The Kier molecular flexibility index (Phi) is 5.73. The van der Waals surface area contributed by atoms with Gasteiger partial charge in [-0.2, -0.15) is 0 Å². The van der Waals surface area contributed by atoms with Gasteiger partial charge >= 0.3 is 0 Å². The summed E-state index contributed by atoms with van der Waals surface area (Å²) in [6, 6.07) is 13.7. The van der Waals surface area contributed by atoms with Gasteiger partial charge in [-0.05, 0) is 56.0 Å². The number of pyridine rings is 1. The largest absolute Gasteiger partial charge is 0.347 e. The maximum Gasteiger partial charge on any atom is 0.243 e. The van der Waals surface area contributed by atoms with E-state index in [1.54, 1.807) is 0 Å². The lowest BCUT2D eigenvalue weighted by Crippen LogP contribution is -2.34. The number of hydrogen-bond acceptors (Lipinski definition) is 3. The van der Waals surface area contributed by atoms with Crippen LogP contribution in [-0.4, -0.2) is 23.3 Å². The molecular weight excluding hydrogens is 350 g/mol. The van der Waals surface area contributed by atoms with E-state index < -0.39 is 0 Å². The van der Waals surface area contributed by atoms with Crippen LogP contribution < -0.4 is 10.6 Å². The number of anilines is 1. The quantitative estimate of drug-likeness (QED) is 0.713. The number of para-hydroxylation sites is 2. The van der Waals surface area contributed by atoms with E-state index in [9.17, 15) is 9.59 Å². The molecule has 3 rings (SSSR count). The molecule has 0 aliphatic rings. The molecule has 3 aromatic rings. The summed E-state index contributed by atoms with van der Waals surface area (Å²) in [4.78, 5) is 29.3. The average molecular weight is 375 g/mol. The minimum absolute atomic E-state index is 0.0638. The lowest BCUT2D eigenvalue weighted by molar-refractivity contribution is -0.123. The molecule has 0 aliphatic heterocycles. The van der Waals surface area contributed by atoms with Crippen LogP contribution in [0, 0.1) is 27.7 Å². The highest BCUT2D eigenvalue weighted by atomic mass is 16.2. The first kappa shape index (κ1) is 19.5. The van der Waals surface area contributed by atoms with Gasteiger partial charge in [0.25, 0.3) is 0 Å². The Morgan fingerprint density at radius 1 is 0.893 bits per heavy atom. The lowest BCUT2D eigenvalue weighted by Gasteiger charge is -2.14. The standard InChI is InChI=1S/C23H25N3O2/c1-14-8-7-9-15(2)23(14)26-22(28)13-24-21(27)12-19-16(3)18-10-5-6-11-20(18)25-17(19)4/h5-11H,12-13H2,1-4H3,(H,24,27)(H,26,28). The fourth-order valence-electron chi connectivity index (χ4n) is 3.43. The maximum atomic E-state index is 12.4. The number of carbonyl (C=O) groups is 2. The highest BCUT2D eigenvalue weighted by Gasteiger charge is 2.14. The van der Waals surface area contributed by atoms with Crippen LogP contribution in [0.5, 0.6) is 0 Å². The van der Waals surface area contributed by atoms with E-state index in [2.05, 4.69) is 15.6 Å². The van der Waals surface area contributed by atoms with Gasteiger partial charge in [0.05, 0.1) is 18.5 Å². The molecule has 0 fully saturated rings. The van der Waals surface area contributed by atoms with Crippen LogP contribution in [0.25, 0.3) is 10.9 Å². The monoisotopic (exact) mass is 375 g/mol. The predicted octanol–water partition coefficient (Wildman–Crippen LogP) is 3.77. The zero-order valence-electron chi connectivity index (χ0n) is 16.7. The number of nitrogens with zero attached hydrogens (tertiary/aromatic N) is 1. The molecule has 0 spiro atoms. The number of nitrogens with one attached hydrogen (secondary N) is 2. The second kappa shape index (κ2) is 8.21. The van der Waals surface area contributed by atoms with E-state index in [0.717, 1.165) is 44.5 Å². The van der Waals surface area contributed by atoms with E-state index in [0.29, 0.717) is 0 Å². The minimum Gasteiger partial charge on any atom is -0.347 e. The number of aryl methyl sites for hydroxylation is 4. The number of rotatable bonds is 5. The van der Waals surface area contributed by atoms with E-state index in [1.807, 2.05) is 70.2 Å². The van der Waals surface area contributed by atoms with Crippen molar-refractivity contribution in [3.63, 3.8) is 0 Å². The van der Waals surface area contributed by atoms with E-state index in [4.69, 9.17) is 0 Å². The Morgan fingerprint density at radius 3 is 2.29 bits per heavy atom. The van der Waals surface area contributed by atoms with E-state index in [1.165, 1.54) is 0 Å². The zero-order chi connectivity index (χ0) is 20.3. The second-order valence-electron chi connectivity index (χ2n) is 7.09. The number of hydrogen-bond donors (Lipinski definition) is 2. The first-order valence-electron chi connectivity index (χ1n) is 9.34. The van der Waals surface area contributed by atoms with E-state index in [-0.39, 0.29) is 24.8 Å². The molecule has 2 N–H and O–H groups in total. The van der Waals surface area contributed by atoms with Gasteiger partial charge in [0.15, 0.2) is 0 Å². The Bertz CT molecular complexity index is 1040. The van der Waals surface area contributed by atoms with Gasteiger partial charge in [-0.25, -0.2) is 0 Å². The average Bonchev–Trinajstić information content (AvgIpc) is 2.66. The first-order valence-corrected chi connectivity index (χ1v) is 9.34. The van der Waals surface area contributed by atoms with Crippen molar-refractivity contribution in [2.75, 3.05) is 11.9 Å². The molecule has 0 bridgehead atoms. The highest BCUT2D eigenvalue weighted by Crippen LogP contribution is 2.23. The number of benzene rings is 2. The predicted molar refractivity (Wildman–Crippen MR) is 112 cm³/mol. The smallest absolute Gasteiger partial charge is 0.243 e. The van der Waals surface area contributed by atoms with Crippen molar-refractivity contribution in [1.29, 1.82) is 0 Å². The Balaban J connectivity index is 1.65. The summed E-state index contributed by atoms with van der Waals surface area (Å²) in [5.41, 5.74) is 6.51. The van der Waals surface area contributed by atoms with Crippen molar-refractivity contribution in [3.05, 3.63) is 70.4 Å². The van der Waals surface area contributed by atoms with Crippen molar-refractivity contribution in [2.45, 2.75) is 34.1 Å². The Labute approximate surface area is 165 Å². The van der Waals surface area contributed by atoms with Gasteiger partial charge in [-0.1, -0.05) is 36.4 Å². The van der Waals surface area contributed by atoms with Crippen LogP contribution in [-0.2, 0) is 16.0 Å². The summed E-state index contributed by atoms with van der Waals surface area (Å²) in [5, 5.41) is 6.64. The molecule has 0 radical (unpaired) electrons. The summed E-state index contributed by atoms with van der Waals surface area (Å²) >= 11 is 0. The van der Waals surface area contributed by atoms with Crippen molar-refractivity contribution in [2.24, 2.45) is 0 Å². The van der Waals surface area contributed by atoms with Crippen LogP contribution in [0.4, 0.5) is 5.69 Å². The summed E-state index contributed by atoms with van der Waals surface area (Å²) in [7, 11) is 0. The summed E-state index contributed by atoms with van der Waals surface area (Å²) in [5.74, 6) is -0.434. The van der Waals surface area contributed by atoms with Gasteiger partial charge < -0.3 is 10.6 Å². The van der Waals surface area contributed by atoms with Gasteiger partial charge in [-0.15, -0.1) is 0 Å². The van der Waals surface area contributed by atoms with Crippen molar-refractivity contribution in [1.82, 2.24) is 10.3 Å². The maximum absolute atomic E-state index is 12.4. The number of carbonyl (C=O) groups excluding carboxylic acids is 2.